The second-order valence-electron chi connectivity index (χ2n) is 3.92. The minimum atomic E-state index is -1.29. The number of anilines is 1. The fourth-order valence-electron chi connectivity index (χ4n) is 1.48. The van der Waals surface area contributed by atoms with Crippen LogP contribution in [0.25, 0.3) is 0 Å². The number of hydrogen-bond donors (Lipinski definition) is 2. The van der Waals surface area contributed by atoms with Crippen molar-refractivity contribution in [1.29, 1.82) is 0 Å². The van der Waals surface area contributed by atoms with Crippen LogP contribution in [-0.2, 0) is 11.3 Å². The number of amides is 1. The number of carboxylic acids is 1. The third-order valence-electron chi connectivity index (χ3n) is 2.43. The van der Waals surface area contributed by atoms with Crippen LogP contribution in [0.1, 0.15) is 15.9 Å². The third kappa shape index (κ3) is 4.15. The number of aromatic nitrogens is 2. The van der Waals surface area contributed by atoms with E-state index < -0.39 is 12.1 Å². The van der Waals surface area contributed by atoms with Crippen molar-refractivity contribution in [2.24, 2.45) is 0 Å². The van der Waals surface area contributed by atoms with E-state index in [1.807, 2.05) is 18.2 Å². The lowest BCUT2D eigenvalue weighted by atomic mass is 10.2. The Labute approximate surface area is 124 Å². The molecule has 1 amide bonds. The molecule has 0 aliphatic rings. The van der Waals surface area contributed by atoms with Crippen LogP contribution in [-0.4, -0.2) is 27.4 Å². The van der Waals surface area contributed by atoms with Crippen LogP contribution in [0.2, 0.25) is 5.15 Å². The average Bonchev–Trinajstić information content (AvgIpc) is 2.48. The van der Waals surface area contributed by atoms with Crippen molar-refractivity contribution in [3.8, 4) is 0 Å². The first-order chi connectivity index (χ1) is 10.1. The lowest BCUT2D eigenvalue weighted by molar-refractivity contribution is 0.0697. The standard InChI is InChI=1S/C13H10ClN3O4/c14-10-6-9(12(18)19)11(17-16-10)15-13(20)21-7-8-4-2-1-3-5-8/h1-6H,7H2,(H,18,19)(H,15,17,20). The Morgan fingerprint density at radius 3 is 2.62 bits per heavy atom. The Morgan fingerprint density at radius 1 is 1.24 bits per heavy atom. The molecule has 0 saturated heterocycles. The van der Waals surface area contributed by atoms with E-state index in [1.165, 1.54) is 0 Å². The number of halogens is 1. The highest BCUT2D eigenvalue weighted by atomic mass is 35.5. The lowest BCUT2D eigenvalue weighted by Crippen LogP contribution is -2.17. The molecule has 21 heavy (non-hydrogen) atoms. The molecule has 0 aliphatic carbocycles. The van der Waals surface area contributed by atoms with E-state index in [0.29, 0.717) is 0 Å². The first-order valence-corrected chi connectivity index (χ1v) is 6.18. The largest absolute Gasteiger partial charge is 0.478 e. The quantitative estimate of drug-likeness (QED) is 0.900. The number of hydrogen-bond acceptors (Lipinski definition) is 5. The predicted molar refractivity (Wildman–Crippen MR) is 74.3 cm³/mol. The smallest absolute Gasteiger partial charge is 0.413 e. The van der Waals surface area contributed by atoms with Gasteiger partial charge in [-0.05, 0) is 11.6 Å². The Balaban J connectivity index is 2.01. The zero-order chi connectivity index (χ0) is 15.2. The number of carbonyl (C=O) groups excluding carboxylic acids is 1. The van der Waals surface area contributed by atoms with Gasteiger partial charge in [-0.25, -0.2) is 9.59 Å². The molecule has 108 valence electrons. The molecule has 2 N–H and O–H groups in total. The van der Waals surface area contributed by atoms with Crippen molar-refractivity contribution < 1.29 is 19.4 Å². The highest BCUT2D eigenvalue weighted by Crippen LogP contribution is 2.15. The van der Waals surface area contributed by atoms with Crippen molar-refractivity contribution >= 4 is 29.5 Å². The molecule has 2 aromatic rings. The maximum Gasteiger partial charge on any atom is 0.413 e. The summed E-state index contributed by atoms with van der Waals surface area (Å²) in [5, 5.41) is 18.1. The molecule has 0 unspecified atom stereocenters. The molecule has 0 saturated carbocycles. The van der Waals surface area contributed by atoms with Gasteiger partial charge in [0.2, 0.25) is 0 Å². The van der Waals surface area contributed by atoms with Crippen molar-refractivity contribution in [2.45, 2.75) is 6.61 Å². The second-order valence-corrected chi connectivity index (χ2v) is 4.31. The molecule has 0 aliphatic heterocycles. The highest BCUT2D eigenvalue weighted by molar-refractivity contribution is 6.29. The monoisotopic (exact) mass is 307 g/mol. The van der Waals surface area contributed by atoms with Crippen LogP contribution in [0.15, 0.2) is 36.4 Å². The Morgan fingerprint density at radius 2 is 1.95 bits per heavy atom. The van der Waals surface area contributed by atoms with Gasteiger partial charge in [-0.2, -0.15) is 0 Å². The molecule has 0 atom stereocenters. The van der Waals surface area contributed by atoms with Gasteiger partial charge in [-0.15, -0.1) is 10.2 Å². The number of aromatic carboxylic acids is 1. The van der Waals surface area contributed by atoms with E-state index in [2.05, 4.69) is 15.5 Å². The number of ether oxygens (including phenoxy) is 1. The van der Waals surface area contributed by atoms with Crippen molar-refractivity contribution in [2.75, 3.05) is 5.32 Å². The number of nitrogens with one attached hydrogen (secondary N) is 1. The van der Waals surface area contributed by atoms with Gasteiger partial charge < -0.3 is 9.84 Å². The van der Waals surface area contributed by atoms with Gasteiger partial charge in [0.15, 0.2) is 11.0 Å². The lowest BCUT2D eigenvalue weighted by Gasteiger charge is -2.08. The molecule has 7 nitrogen and oxygen atoms in total. The summed E-state index contributed by atoms with van der Waals surface area (Å²) in [6.45, 7) is 0.0517. The van der Waals surface area contributed by atoms with Gasteiger partial charge in [0.05, 0.1) is 0 Å². The predicted octanol–water partition coefficient (Wildman–Crippen LogP) is 2.58. The first-order valence-electron chi connectivity index (χ1n) is 5.80. The molecule has 0 radical (unpaired) electrons. The summed E-state index contributed by atoms with van der Waals surface area (Å²) in [6, 6.07) is 10.1. The van der Waals surface area contributed by atoms with E-state index in [4.69, 9.17) is 21.4 Å². The van der Waals surface area contributed by atoms with Gasteiger partial charge in [0.25, 0.3) is 0 Å². The summed E-state index contributed by atoms with van der Waals surface area (Å²) >= 11 is 5.56. The minimum absolute atomic E-state index is 0.0517. The van der Waals surface area contributed by atoms with Crippen LogP contribution in [0.5, 0.6) is 0 Å². The molecule has 0 bridgehead atoms. The Bertz CT molecular complexity index is 664. The fraction of sp³-hybridized carbons (Fsp3) is 0.0769. The van der Waals surface area contributed by atoms with Crippen LogP contribution in [0.4, 0.5) is 10.6 Å². The molecular weight excluding hydrogens is 298 g/mol. The van der Waals surface area contributed by atoms with E-state index in [1.54, 1.807) is 12.1 Å². The topological polar surface area (TPSA) is 101 Å². The fourth-order valence-corrected chi connectivity index (χ4v) is 1.63. The number of carboxylic acid groups (broad SMARTS) is 1. The van der Waals surface area contributed by atoms with Crippen molar-refractivity contribution in [1.82, 2.24) is 10.2 Å². The van der Waals surface area contributed by atoms with Gasteiger partial charge in [0, 0.05) is 0 Å². The number of rotatable bonds is 4. The van der Waals surface area contributed by atoms with Gasteiger partial charge in [-0.3, -0.25) is 5.32 Å². The SMILES string of the molecule is O=C(Nc1nnc(Cl)cc1C(=O)O)OCc1ccccc1. The molecular formula is C13H10ClN3O4. The Kier molecular flexibility index (Phi) is 4.68. The normalized spacial score (nSPS) is 9.95. The summed E-state index contributed by atoms with van der Waals surface area (Å²) in [7, 11) is 0. The summed E-state index contributed by atoms with van der Waals surface area (Å²) in [5.41, 5.74) is 0.528. The number of nitrogens with zero attached hydrogens (tertiary/aromatic N) is 2. The maximum absolute atomic E-state index is 11.6. The van der Waals surface area contributed by atoms with E-state index in [-0.39, 0.29) is 23.1 Å². The molecule has 2 rings (SSSR count). The zero-order valence-corrected chi connectivity index (χ0v) is 11.4. The first kappa shape index (κ1) is 14.7. The molecule has 1 aromatic carbocycles. The van der Waals surface area contributed by atoms with Crippen molar-refractivity contribution in [3.05, 3.63) is 52.7 Å². The molecule has 0 spiro atoms. The van der Waals surface area contributed by atoms with Crippen LogP contribution in [0, 0.1) is 0 Å². The summed E-state index contributed by atoms with van der Waals surface area (Å²) in [6.07, 6.45) is -0.835. The summed E-state index contributed by atoms with van der Waals surface area (Å²) in [4.78, 5) is 22.6. The van der Waals surface area contributed by atoms with Crippen LogP contribution in [0.3, 0.4) is 0 Å². The molecule has 1 aromatic heterocycles. The molecule has 1 heterocycles. The number of carbonyl (C=O) groups is 2. The van der Waals surface area contributed by atoms with Gasteiger partial charge in [0.1, 0.15) is 12.2 Å². The molecule has 0 fully saturated rings. The van der Waals surface area contributed by atoms with Crippen molar-refractivity contribution in [3.63, 3.8) is 0 Å². The van der Waals surface area contributed by atoms with Crippen LogP contribution < -0.4 is 5.32 Å². The van der Waals surface area contributed by atoms with Gasteiger partial charge >= 0.3 is 12.1 Å². The second kappa shape index (κ2) is 6.67. The van der Waals surface area contributed by atoms with E-state index >= 15 is 0 Å². The van der Waals surface area contributed by atoms with Crippen LogP contribution >= 0.6 is 11.6 Å². The van der Waals surface area contributed by atoms with Gasteiger partial charge in [-0.1, -0.05) is 41.9 Å². The summed E-state index contributed by atoms with van der Waals surface area (Å²) < 4.78 is 4.95. The minimum Gasteiger partial charge on any atom is -0.478 e. The number of benzene rings is 1. The molecule has 8 heteroatoms. The van der Waals surface area contributed by atoms with E-state index in [0.717, 1.165) is 11.6 Å². The van der Waals surface area contributed by atoms with E-state index in [9.17, 15) is 9.59 Å². The highest BCUT2D eigenvalue weighted by Gasteiger charge is 2.16. The zero-order valence-electron chi connectivity index (χ0n) is 10.6. The third-order valence-corrected chi connectivity index (χ3v) is 2.61. The maximum atomic E-state index is 11.6. The summed E-state index contributed by atoms with van der Waals surface area (Å²) in [5.74, 6) is -1.52. The average molecular weight is 308 g/mol. The Hall–Kier alpha value is -2.67.